The average molecular weight is 320 g/mol. The number of nitrogens with zero attached hydrogens (tertiary/aromatic N) is 2. The lowest BCUT2D eigenvalue weighted by Gasteiger charge is -2.34. The first-order valence-corrected chi connectivity index (χ1v) is 7.85. The molecular formula is C15H16N2O4S. The number of hydrogen-bond acceptors (Lipinski definition) is 6. The molecule has 1 aromatic carbocycles. The molecule has 1 saturated heterocycles. The lowest BCUT2D eigenvalue weighted by molar-refractivity contribution is -0.384. The Labute approximate surface area is 131 Å². The lowest BCUT2D eigenvalue weighted by atomic mass is 10.1. The van der Waals surface area contributed by atoms with Gasteiger partial charge in [-0.2, -0.15) is 0 Å². The highest BCUT2D eigenvalue weighted by molar-refractivity contribution is 7.10. The normalized spacial score (nSPS) is 18.4. The van der Waals surface area contributed by atoms with Gasteiger partial charge in [-0.05, 0) is 29.1 Å². The van der Waals surface area contributed by atoms with Crippen molar-refractivity contribution in [2.24, 2.45) is 0 Å². The van der Waals surface area contributed by atoms with Crippen molar-refractivity contribution in [3.63, 3.8) is 0 Å². The van der Waals surface area contributed by atoms with Gasteiger partial charge in [0.15, 0.2) is 0 Å². The van der Waals surface area contributed by atoms with E-state index < -0.39 is 0 Å². The van der Waals surface area contributed by atoms with Gasteiger partial charge in [0.2, 0.25) is 0 Å². The van der Waals surface area contributed by atoms with Crippen LogP contribution < -0.4 is 4.90 Å². The van der Waals surface area contributed by atoms with Gasteiger partial charge in [0.25, 0.3) is 5.69 Å². The molecule has 3 rings (SSSR count). The zero-order chi connectivity index (χ0) is 15.5. The summed E-state index contributed by atoms with van der Waals surface area (Å²) in [6, 6.07) is 8.71. The first-order chi connectivity index (χ1) is 10.7. The maximum atomic E-state index is 11.3. The van der Waals surface area contributed by atoms with Gasteiger partial charge in [0, 0.05) is 24.0 Å². The summed E-state index contributed by atoms with van der Waals surface area (Å²) in [4.78, 5) is 14.0. The third-order valence-electron chi connectivity index (χ3n) is 3.69. The highest BCUT2D eigenvalue weighted by Crippen LogP contribution is 2.34. The van der Waals surface area contributed by atoms with Crippen molar-refractivity contribution in [2.75, 3.05) is 24.6 Å². The molecule has 1 aliphatic heterocycles. The summed E-state index contributed by atoms with van der Waals surface area (Å²) < 4.78 is 5.78. The number of ether oxygens (including phenoxy) is 1. The van der Waals surface area contributed by atoms with Crippen LogP contribution in [0.2, 0.25) is 0 Å². The Morgan fingerprint density at radius 2 is 2.32 bits per heavy atom. The quantitative estimate of drug-likeness (QED) is 0.692. The molecule has 1 aliphatic rings. The minimum atomic E-state index is -0.383. The van der Waals surface area contributed by atoms with E-state index in [2.05, 4.69) is 0 Å². The van der Waals surface area contributed by atoms with Crippen LogP contribution in [0.15, 0.2) is 35.7 Å². The minimum absolute atomic E-state index is 0.0593. The number of rotatable bonds is 4. The van der Waals surface area contributed by atoms with Gasteiger partial charge in [0.1, 0.15) is 11.8 Å². The highest BCUT2D eigenvalue weighted by Gasteiger charge is 2.27. The summed E-state index contributed by atoms with van der Waals surface area (Å²) in [7, 11) is 0. The number of aliphatic hydroxyl groups excluding tert-OH is 1. The first kappa shape index (κ1) is 15.0. The van der Waals surface area contributed by atoms with Gasteiger partial charge in [-0.3, -0.25) is 10.1 Å². The highest BCUT2D eigenvalue weighted by atomic mass is 32.1. The van der Waals surface area contributed by atoms with E-state index in [1.54, 1.807) is 23.5 Å². The smallest absolute Gasteiger partial charge is 0.292 e. The van der Waals surface area contributed by atoms with E-state index in [9.17, 15) is 15.2 Å². The van der Waals surface area contributed by atoms with Crippen molar-refractivity contribution in [3.8, 4) is 0 Å². The second-order valence-corrected chi connectivity index (χ2v) is 6.04. The molecule has 1 atom stereocenters. The van der Waals surface area contributed by atoms with Crippen molar-refractivity contribution in [3.05, 3.63) is 56.3 Å². The van der Waals surface area contributed by atoms with Gasteiger partial charge in [-0.1, -0.05) is 6.07 Å². The Kier molecular flexibility index (Phi) is 4.37. The summed E-state index contributed by atoms with van der Waals surface area (Å²) in [6.07, 6.45) is -0.0777. The summed E-state index contributed by atoms with van der Waals surface area (Å²) in [5.41, 5.74) is 1.27. The largest absolute Gasteiger partial charge is 0.392 e. The number of thiophene rings is 1. The molecule has 0 amide bonds. The Balaban J connectivity index is 1.90. The van der Waals surface area contributed by atoms with Crippen LogP contribution in [-0.4, -0.2) is 29.7 Å². The molecule has 6 nitrogen and oxygen atoms in total. The summed E-state index contributed by atoms with van der Waals surface area (Å²) in [5.74, 6) is 0. The van der Waals surface area contributed by atoms with Crippen LogP contribution in [0, 0.1) is 10.1 Å². The summed E-state index contributed by atoms with van der Waals surface area (Å²) >= 11 is 1.62. The number of hydrogen-bond donors (Lipinski definition) is 1. The van der Waals surface area contributed by atoms with Crippen LogP contribution in [0.4, 0.5) is 11.4 Å². The monoisotopic (exact) mass is 320 g/mol. The maximum absolute atomic E-state index is 11.3. The van der Waals surface area contributed by atoms with E-state index in [-0.39, 0.29) is 23.3 Å². The molecule has 1 N–H and O–H groups in total. The minimum Gasteiger partial charge on any atom is -0.392 e. The van der Waals surface area contributed by atoms with E-state index in [0.717, 1.165) is 4.88 Å². The fourth-order valence-electron chi connectivity index (χ4n) is 2.59. The molecule has 1 aromatic heterocycles. The number of morpholine rings is 1. The fourth-order valence-corrected chi connectivity index (χ4v) is 3.36. The number of benzene rings is 1. The predicted octanol–water partition coefficient (Wildman–Crippen LogP) is 2.73. The standard InChI is InChI=1S/C15H16N2O4S/c18-10-11-3-4-12(17(19)20)13(8-11)16-5-6-21-14(9-16)15-2-1-7-22-15/h1-4,7-8,14,18H,5-6,9-10H2. The molecule has 2 aromatic rings. The van der Waals surface area contributed by atoms with Crippen LogP contribution in [0.3, 0.4) is 0 Å². The van der Waals surface area contributed by atoms with Crippen molar-refractivity contribution < 1.29 is 14.8 Å². The van der Waals surface area contributed by atoms with Crippen LogP contribution in [0.1, 0.15) is 16.5 Å². The lowest BCUT2D eigenvalue weighted by Crippen LogP contribution is -2.38. The molecule has 116 valence electrons. The molecule has 0 aliphatic carbocycles. The number of anilines is 1. The molecule has 2 heterocycles. The zero-order valence-corrected chi connectivity index (χ0v) is 12.7. The molecule has 0 bridgehead atoms. The maximum Gasteiger partial charge on any atom is 0.292 e. The fraction of sp³-hybridized carbons (Fsp3) is 0.333. The van der Waals surface area contributed by atoms with E-state index in [4.69, 9.17) is 4.74 Å². The number of aliphatic hydroxyl groups is 1. The van der Waals surface area contributed by atoms with E-state index in [1.807, 2.05) is 22.4 Å². The number of nitro benzene ring substituents is 1. The van der Waals surface area contributed by atoms with Crippen molar-refractivity contribution >= 4 is 22.7 Å². The Bertz CT molecular complexity index is 660. The van der Waals surface area contributed by atoms with Crippen molar-refractivity contribution in [1.29, 1.82) is 0 Å². The van der Waals surface area contributed by atoms with E-state index in [0.29, 0.717) is 30.9 Å². The Hall–Kier alpha value is -1.96. The van der Waals surface area contributed by atoms with Gasteiger partial charge >= 0.3 is 0 Å². The molecule has 0 radical (unpaired) electrons. The molecule has 7 heteroatoms. The SMILES string of the molecule is O=[N+]([O-])c1ccc(CO)cc1N1CCOC(c2cccs2)C1. The van der Waals surface area contributed by atoms with Crippen molar-refractivity contribution in [2.45, 2.75) is 12.7 Å². The van der Waals surface area contributed by atoms with Crippen LogP contribution in [0.25, 0.3) is 0 Å². The topological polar surface area (TPSA) is 75.8 Å². The van der Waals surface area contributed by atoms with Gasteiger partial charge in [-0.25, -0.2) is 0 Å². The van der Waals surface area contributed by atoms with Crippen molar-refractivity contribution in [1.82, 2.24) is 0 Å². The molecule has 22 heavy (non-hydrogen) atoms. The molecular weight excluding hydrogens is 304 g/mol. The first-order valence-electron chi connectivity index (χ1n) is 6.97. The van der Waals surface area contributed by atoms with E-state index in [1.165, 1.54) is 6.07 Å². The molecule has 0 saturated carbocycles. The second kappa shape index (κ2) is 6.43. The van der Waals surface area contributed by atoms with Crippen LogP contribution in [-0.2, 0) is 11.3 Å². The van der Waals surface area contributed by atoms with Gasteiger partial charge < -0.3 is 14.7 Å². The third kappa shape index (κ3) is 2.96. The van der Waals surface area contributed by atoms with Gasteiger partial charge in [-0.15, -0.1) is 11.3 Å². The molecule has 1 fully saturated rings. The summed E-state index contributed by atoms with van der Waals surface area (Å²) in [6.45, 7) is 1.54. The second-order valence-electron chi connectivity index (χ2n) is 5.06. The Morgan fingerprint density at radius 1 is 1.45 bits per heavy atom. The zero-order valence-electron chi connectivity index (χ0n) is 11.8. The summed E-state index contributed by atoms with van der Waals surface area (Å²) in [5, 5.41) is 22.5. The Morgan fingerprint density at radius 3 is 3.00 bits per heavy atom. The predicted molar refractivity (Wildman–Crippen MR) is 84.2 cm³/mol. The molecule has 0 spiro atoms. The molecule has 1 unspecified atom stereocenters. The van der Waals surface area contributed by atoms with Crippen LogP contribution >= 0.6 is 11.3 Å². The van der Waals surface area contributed by atoms with Gasteiger partial charge in [0.05, 0.1) is 18.1 Å². The average Bonchev–Trinajstić information content (AvgIpc) is 3.09. The number of nitro groups is 1. The van der Waals surface area contributed by atoms with Crippen LogP contribution in [0.5, 0.6) is 0 Å². The third-order valence-corrected chi connectivity index (χ3v) is 4.65. The van der Waals surface area contributed by atoms with E-state index >= 15 is 0 Å².